The molecule has 1 fully saturated rings. The highest BCUT2D eigenvalue weighted by molar-refractivity contribution is 5.95. The molecule has 0 radical (unpaired) electrons. The molecule has 1 unspecified atom stereocenters. The maximum absolute atomic E-state index is 13.1. The quantitative estimate of drug-likeness (QED) is 0.817. The summed E-state index contributed by atoms with van der Waals surface area (Å²) in [7, 11) is 0. The lowest BCUT2D eigenvalue weighted by Gasteiger charge is -2.32. The van der Waals surface area contributed by atoms with Gasteiger partial charge in [0.2, 0.25) is 0 Å². The van der Waals surface area contributed by atoms with Gasteiger partial charge in [-0.3, -0.25) is 4.79 Å². The SMILES string of the molecule is CCN1CCCC(NC(=O)c2ccc(F)c(N)c2)C1. The topological polar surface area (TPSA) is 58.4 Å². The van der Waals surface area contributed by atoms with Gasteiger partial charge >= 0.3 is 0 Å². The Morgan fingerprint density at radius 2 is 2.37 bits per heavy atom. The number of nitrogens with one attached hydrogen (secondary N) is 1. The van der Waals surface area contributed by atoms with E-state index in [4.69, 9.17) is 5.73 Å². The zero-order valence-corrected chi connectivity index (χ0v) is 11.2. The third kappa shape index (κ3) is 3.44. The molecule has 1 aliphatic rings. The Hall–Kier alpha value is -1.62. The summed E-state index contributed by atoms with van der Waals surface area (Å²) in [4.78, 5) is 14.4. The minimum absolute atomic E-state index is 0.00600. The molecule has 1 aliphatic heterocycles. The highest BCUT2D eigenvalue weighted by atomic mass is 19.1. The summed E-state index contributed by atoms with van der Waals surface area (Å²) in [5, 5.41) is 2.99. The van der Waals surface area contributed by atoms with Crippen LogP contribution < -0.4 is 11.1 Å². The van der Waals surface area contributed by atoms with Gasteiger partial charge in [0, 0.05) is 18.2 Å². The first kappa shape index (κ1) is 13.8. The molecular weight excluding hydrogens is 245 g/mol. The molecule has 1 atom stereocenters. The minimum atomic E-state index is -0.494. The van der Waals surface area contributed by atoms with Crippen molar-refractivity contribution in [1.82, 2.24) is 10.2 Å². The Balaban J connectivity index is 1.98. The first-order chi connectivity index (χ1) is 9.10. The van der Waals surface area contributed by atoms with Crippen molar-refractivity contribution in [3.8, 4) is 0 Å². The maximum Gasteiger partial charge on any atom is 0.251 e. The number of hydrogen-bond acceptors (Lipinski definition) is 3. The van der Waals surface area contributed by atoms with Crippen molar-refractivity contribution in [3.63, 3.8) is 0 Å². The Bertz CT molecular complexity index is 464. The van der Waals surface area contributed by atoms with Crippen LogP contribution in [0, 0.1) is 5.82 Å². The molecule has 0 saturated carbocycles. The fourth-order valence-corrected chi connectivity index (χ4v) is 2.41. The third-order valence-corrected chi connectivity index (χ3v) is 3.55. The average molecular weight is 265 g/mol. The molecule has 5 heteroatoms. The number of carbonyl (C=O) groups is 1. The lowest BCUT2D eigenvalue weighted by Crippen LogP contribution is -2.47. The van der Waals surface area contributed by atoms with Gasteiger partial charge < -0.3 is 16.0 Å². The molecule has 4 nitrogen and oxygen atoms in total. The number of anilines is 1. The van der Waals surface area contributed by atoms with Gasteiger partial charge in [0.25, 0.3) is 5.91 Å². The molecule has 1 heterocycles. The molecule has 1 amide bonds. The normalized spacial score (nSPS) is 20.2. The second-order valence-electron chi connectivity index (χ2n) is 4.94. The highest BCUT2D eigenvalue weighted by Gasteiger charge is 2.20. The smallest absolute Gasteiger partial charge is 0.251 e. The van der Waals surface area contributed by atoms with Gasteiger partial charge in [-0.05, 0) is 44.1 Å². The monoisotopic (exact) mass is 265 g/mol. The van der Waals surface area contributed by atoms with E-state index >= 15 is 0 Å². The van der Waals surface area contributed by atoms with E-state index in [1.54, 1.807) is 0 Å². The van der Waals surface area contributed by atoms with Crippen molar-refractivity contribution in [1.29, 1.82) is 0 Å². The second kappa shape index (κ2) is 6.02. The van der Waals surface area contributed by atoms with Crippen LogP contribution in [0.15, 0.2) is 18.2 Å². The zero-order valence-electron chi connectivity index (χ0n) is 11.2. The Morgan fingerprint density at radius 3 is 3.05 bits per heavy atom. The molecule has 0 spiro atoms. The molecule has 19 heavy (non-hydrogen) atoms. The number of hydrogen-bond donors (Lipinski definition) is 2. The number of rotatable bonds is 3. The predicted molar refractivity (Wildman–Crippen MR) is 73.4 cm³/mol. The molecule has 1 aromatic rings. The maximum atomic E-state index is 13.1. The van der Waals surface area contributed by atoms with Crippen molar-refractivity contribution < 1.29 is 9.18 Å². The van der Waals surface area contributed by atoms with Gasteiger partial charge in [-0.15, -0.1) is 0 Å². The van der Waals surface area contributed by atoms with E-state index in [2.05, 4.69) is 17.1 Å². The van der Waals surface area contributed by atoms with Crippen molar-refractivity contribution in [3.05, 3.63) is 29.6 Å². The van der Waals surface area contributed by atoms with E-state index < -0.39 is 5.82 Å². The van der Waals surface area contributed by atoms with Crippen molar-refractivity contribution in [2.75, 3.05) is 25.4 Å². The standard InChI is InChI=1S/C14H20FN3O/c1-2-18-7-3-4-11(9-18)17-14(19)10-5-6-12(15)13(16)8-10/h5-6,8,11H,2-4,7,9,16H2,1H3,(H,17,19). The summed E-state index contributed by atoms with van der Waals surface area (Å²) in [6, 6.07) is 4.23. The van der Waals surface area contributed by atoms with E-state index in [0.29, 0.717) is 5.56 Å². The zero-order chi connectivity index (χ0) is 13.8. The molecule has 0 aliphatic carbocycles. The fraction of sp³-hybridized carbons (Fsp3) is 0.500. The number of carbonyl (C=O) groups excluding carboxylic acids is 1. The molecule has 1 saturated heterocycles. The number of nitrogen functional groups attached to an aromatic ring is 1. The van der Waals surface area contributed by atoms with Crippen LogP contribution in [-0.4, -0.2) is 36.5 Å². The molecule has 1 aromatic carbocycles. The van der Waals surface area contributed by atoms with Gasteiger partial charge in [0.05, 0.1) is 5.69 Å². The van der Waals surface area contributed by atoms with E-state index in [0.717, 1.165) is 32.5 Å². The van der Waals surface area contributed by atoms with Crippen molar-refractivity contribution >= 4 is 11.6 Å². The van der Waals surface area contributed by atoms with Gasteiger partial charge in [0.1, 0.15) is 5.82 Å². The number of nitrogens with zero attached hydrogens (tertiary/aromatic N) is 1. The van der Waals surface area contributed by atoms with Gasteiger partial charge in [0.15, 0.2) is 0 Å². The lowest BCUT2D eigenvalue weighted by molar-refractivity contribution is 0.0906. The largest absolute Gasteiger partial charge is 0.396 e. The van der Waals surface area contributed by atoms with Gasteiger partial charge in [-0.1, -0.05) is 6.92 Å². The molecule has 0 bridgehead atoms. The summed E-state index contributed by atoms with van der Waals surface area (Å²) in [6.45, 7) is 5.08. The fourth-order valence-electron chi connectivity index (χ4n) is 2.41. The Labute approximate surface area is 112 Å². The van der Waals surface area contributed by atoms with E-state index in [9.17, 15) is 9.18 Å². The van der Waals surface area contributed by atoms with Crippen LogP contribution in [0.2, 0.25) is 0 Å². The van der Waals surface area contributed by atoms with Gasteiger partial charge in [-0.25, -0.2) is 4.39 Å². The first-order valence-electron chi connectivity index (χ1n) is 6.68. The van der Waals surface area contributed by atoms with E-state index in [1.165, 1.54) is 18.2 Å². The van der Waals surface area contributed by atoms with Crippen LogP contribution in [0.1, 0.15) is 30.1 Å². The van der Waals surface area contributed by atoms with Gasteiger partial charge in [-0.2, -0.15) is 0 Å². The lowest BCUT2D eigenvalue weighted by atomic mass is 10.0. The third-order valence-electron chi connectivity index (χ3n) is 3.55. The van der Waals surface area contributed by atoms with Crippen LogP contribution in [0.25, 0.3) is 0 Å². The number of piperidine rings is 1. The van der Waals surface area contributed by atoms with Crippen LogP contribution in [0.5, 0.6) is 0 Å². The van der Waals surface area contributed by atoms with Crippen LogP contribution >= 0.6 is 0 Å². The van der Waals surface area contributed by atoms with Crippen LogP contribution in [0.4, 0.5) is 10.1 Å². The Morgan fingerprint density at radius 1 is 1.58 bits per heavy atom. The van der Waals surface area contributed by atoms with Crippen LogP contribution in [0.3, 0.4) is 0 Å². The highest BCUT2D eigenvalue weighted by Crippen LogP contribution is 2.14. The van der Waals surface area contributed by atoms with Crippen LogP contribution in [-0.2, 0) is 0 Å². The number of benzene rings is 1. The number of likely N-dealkylation sites (tertiary alicyclic amines) is 1. The summed E-state index contributed by atoms with van der Waals surface area (Å²) in [5.74, 6) is -0.680. The molecule has 3 N–H and O–H groups in total. The summed E-state index contributed by atoms with van der Waals surface area (Å²) >= 11 is 0. The average Bonchev–Trinajstić information content (AvgIpc) is 2.42. The molecular formula is C14H20FN3O. The van der Waals surface area contributed by atoms with Crippen molar-refractivity contribution in [2.24, 2.45) is 0 Å². The summed E-state index contributed by atoms with van der Waals surface area (Å²) < 4.78 is 13.1. The summed E-state index contributed by atoms with van der Waals surface area (Å²) in [5.41, 5.74) is 5.89. The minimum Gasteiger partial charge on any atom is -0.396 e. The number of nitrogens with two attached hydrogens (primary N) is 1. The number of halogens is 1. The molecule has 0 aromatic heterocycles. The van der Waals surface area contributed by atoms with Crippen molar-refractivity contribution in [2.45, 2.75) is 25.8 Å². The number of amides is 1. The first-order valence-corrected chi connectivity index (χ1v) is 6.68. The molecule has 2 rings (SSSR count). The number of likely N-dealkylation sites (N-methyl/N-ethyl adjacent to an activating group) is 1. The van der Waals surface area contributed by atoms with E-state index in [1.807, 2.05) is 0 Å². The molecule has 104 valence electrons. The Kier molecular flexibility index (Phi) is 4.37. The summed E-state index contributed by atoms with van der Waals surface area (Å²) in [6.07, 6.45) is 2.07. The van der Waals surface area contributed by atoms with E-state index in [-0.39, 0.29) is 17.6 Å². The predicted octanol–water partition coefficient (Wildman–Crippen LogP) is 1.62. The second-order valence-corrected chi connectivity index (χ2v) is 4.94.